The summed E-state index contributed by atoms with van der Waals surface area (Å²) in [6.45, 7) is 15.6. The largest absolute Gasteiger partial charge is 0.366 e. The summed E-state index contributed by atoms with van der Waals surface area (Å²) in [5.41, 5.74) is 6.49. The highest BCUT2D eigenvalue weighted by molar-refractivity contribution is 6.39. The van der Waals surface area contributed by atoms with E-state index in [0.29, 0.717) is 11.6 Å². The molecule has 6 heteroatoms. The molecule has 2 aromatic rings. The van der Waals surface area contributed by atoms with Gasteiger partial charge in [0.2, 0.25) is 0 Å². The standard InChI is InChI=1S/C28H33N3O3/c1-8-30-24-12-17(3)20(13-21(24)18(4)15-28(30,6)7)14-22-25(32)29-27(34)31(26(22)33)23-11-9-10-16(2)19(23)5/h9-14,18H,8,15H2,1-7H3,(H,29,32,34)/b22-14+/t18-/m0/s1. The Morgan fingerprint density at radius 2 is 1.76 bits per heavy atom. The number of carbonyl (C=O) groups is 3. The maximum atomic E-state index is 13.4. The Morgan fingerprint density at radius 1 is 1.06 bits per heavy atom. The number of hydrogen-bond acceptors (Lipinski definition) is 4. The molecule has 178 valence electrons. The van der Waals surface area contributed by atoms with E-state index in [9.17, 15) is 14.4 Å². The molecule has 4 rings (SSSR count). The lowest BCUT2D eigenvalue weighted by atomic mass is 9.79. The molecule has 0 saturated carbocycles. The second-order valence-corrected chi connectivity index (χ2v) is 10.1. The van der Waals surface area contributed by atoms with Crippen LogP contribution in [0, 0.1) is 20.8 Å². The number of nitrogens with one attached hydrogen (secondary N) is 1. The van der Waals surface area contributed by atoms with Gasteiger partial charge in [0.05, 0.1) is 5.69 Å². The number of anilines is 2. The number of carbonyl (C=O) groups excluding carboxylic acids is 3. The van der Waals surface area contributed by atoms with Gasteiger partial charge in [-0.05, 0) is 106 Å². The van der Waals surface area contributed by atoms with Crippen LogP contribution in [0.3, 0.4) is 0 Å². The van der Waals surface area contributed by atoms with Crippen LogP contribution in [0.1, 0.15) is 67.9 Å². The first-order chi connectivity index (χ1) is 16.0. The van der Waals surface area contributed by atoms with Gasteiger partial charge in [-0.25, -0.2) is 9.69 Å². The zero-order valence-corrected chi connectivity index (χ0v) is 21.1. The average Bonchev–Trinajstić information content (AvgIpc) is 2.74. The van der Waals surface area contributed by atoms with E-state index in [0.717, 1.165) is 40.1 Å². The number of aryl methyl sites for hydroxylation is 2. The predicted octanol–water partition coefficient (Wildman–Crippen LogP) is 5.39. The highest BCUT2D eigenvalue weighted by Gasteiger charge is 2.39. The number of urea groups is 1. The van der Waals surface area contributed by atoms with Gasteiger partial charge in [0.1, 0.15) is 5.57 Å². The number of rotatable bonds is 3. The zero-order valence-electron chi connectivity index (χ0n) is 21.1. The van der Waals surface area contributed by atoms with Gasteiger partial charge in [-0.1, -0.05) is 19.1 Å². The summed E-state index contributed by atoms with van der Waals surface area (Å²) in [6.07, 6.45) is 2.64. The highest BCUT2D eigenvalue weighted by Crippen LogP contribution is 2.44. The van der Waals surface area contributed by atoms with Crippen molar-refractivity contribution in [2.24, 2.45) is 0 Å². The number of fused-ring (bicyclic) bond motifs is 1. The minimum Gasteiger partial charge on any atom is -0.366 e. The smallest absolute Gasteiger partial charge is 0.335 e. The van der Waals surface area contributed by atoms with Crippen LogP contribution in [0.2, 0.25) is 0 Å². The minimum absolute atomic E-state index is 0.0419. The first kappa shape index (κ1) is 23.7. The summed E-state index contributed by atoms with van der Waals surface area (Å²) in [5.74, 6) is -0.934. The van der Waals surface area contributed by atoms with Gasteiger partial charge in [0.15, 0.2) is 0 Å². The Bertz CT molecular complexity index is 1240. The van der Waals surface area contributed by atoms with Crippen molar-refractivity contribution in [2.45, 2.75) is 66.3 Å². The summed E-state index contributed by atoms with van der Waals surface area (Å²) in [4.78, 5) is 42.3. The highest BCUT2D eigenvalue weighted by atomic mass is 16.2. The van der Waals surface area contributed by atoms with Crippen molar-refractivity contribution in [2.75, 3.05) is 16.3 Å². The Kier molecular flexibility index (Phi) is 5.88. The second-order valence-electron chi connectivity index (χ2n) is 10.1. The first-order valence-corrected chi connectivity index (χ1v) is 11.9. The van der Waals surface area contributed by atoms with Crippen molar-refractivity contribution in [3.05, 3.63) is 63.7 Å². The van der Waals surface area contributed by atoms with E-state index in [1.807, 2.05) is 26.8 Å². The fourth-order valence-corrected chi connectivity index (χ4v) is 5.41. The van der Waals surface area contributed by atoms with Gasteiger partial charge < -0.3 is 4.90 Å². The molecule has 1 N–H and O–H groups in total. The summed E-state index contributed by atoms with van der Waals surface area (Å²) < 4.78 is 0. The molecule has 0 radical (unpaired) electrons. The van der Waals surface area contributed by atoms with E-state index < -0.39 is 17.8 Å². The molecule has 4 amide bonds. The lowest BCUT2D eigenvalue weighted by Crippen LogP contribution is -2.54. The SMILES string of the molecule is CCN1c2cc(C)c(/C=C3\C(=O)NC(=O)N(c4cccc(C)c4C)C3=O)cc2[C@@H](C)CC1(C)C. The number of amides is 4. The molecule has 0 spiro atoms. The number of hydrogen-bond donors (Lipinski definition) is 1. The van der Waals surface area contributed by atoms with Crippen LogP contribution in [0.4, 0.5) is 16.2 Å². The molecule has 0 aromatic heterocycles. The Hall–Kier alpha value is -3.41. The number of benzene rings is 2. The Labute approximate surface area is 201 Å². The first-order valence-electron chi connectivity index (χ1n) is 11.9. The third-order valence-electron chi connectivity index (χ3n) is 7.31. The second kappa shape index (κ2) is 8.42. The van der Waals surface area contributed by atoms with Gasteiger partial charge in [0.25, 0.3) is 11.8 Å². The number of barbiturate groups is 1. The summed E-state index contributed by atoms with van der Waals surface area (Å²) >= 11 is 0. The van der Waals surface area contributed by atoms with Crippen molar-refractivity contribution >= 4 is 35.3 Å². The van der Waals surface area contributed by atoms with Crippen LogP contribution in [-0.2, 0) is 9.59 Å². The number of imide groups is 2. The van der Waals surface area contributed by atoms with Crippen molar-refractivity contribution in [3.8, 4) is 0 Å². The molecule has 2 heterocycles. The van der Waals surface area contributed by atoms with Gasteiger partial charge in [-0.2, -0.15) is 0 Å². The molecule has 0 aliphatic carbocycles. The molecule has 34 heavy (non-hydrogen) atoms. The summed E-state index contributed by atoms with van der Waals surface area (Å²) in [5, 5.41) is 2.34. The molecule has 0 bridgehead atoms. The van der Waals surface area contributed by atoms with E-state index in [4.69, 9.17) is 0 Å². The fourth-order valence-electron chi connectivity index (χ4n) is 5.41. The van der Waals surface area contributed by atoms with E-state index >= 15 is 0 Å². The molecule has 0 unspecified atom stereocenters. The maximum absolute atomic E-state index is 13.4. The molecular formula is C28H33N3O3. The molecule has 1 fully saturated rings. The van der Waals surface area contributed by atoms with Gasteiger partial charge >= 0.3 is 6.03 Å². The monoisotopic (exact) mass is 459 g/mol. The van der Waals surface area contributed by atoms with Crippen LogP contribution < -0.4 is 15.1 Å². The maximum Gasteiger partial charge on any atom is 0.335 e. The molecule has 2 aromatic carbocycles. The van der Waals surface area contributed by atoms with Crippen molar-refractivity contribution in [3.63, 3.8) is 0 Å². The lowest BCUT2D eigenvalue weighted by molar-refractivity contribution is -0.122. The fraction of sp³-hybridized carbons (Fsp3) is 0.393. The molecule has 2 aliphatic rings. The quantitative estimate of drug-likeness (QED) is 0.494. The van der Waals surface area contributed by atoms with E-state index in [-0.39, 0.29) is 11.1 Å². The molecule has 1 saturated heterocycles. The molecular weight excluding hydrogens is 426 g/mol. The topological polar surface area (TPSA) is 69.7 Å². The van der Waals surface area contributed by atoms with E-state index in [1.165, 1.54) is 11.3 Å². The van der Waals surface area contributed by atoms with Crippen LogP contribution in [0.15, 0.2) is 35.9 Å². The van der Waals surface area contributed by atoms with Crippen LogP contribution in [0.5, 0.6) is 0 Å². The molecule has 6 nitrogen and oxygen atoms in total. The van der Waals surface area contributed by atoms with Gasteiger partial charge in [-0.3, -0.25) is 14.9 Å². The normalized spacial score (nSPS) is 21.1. The van der Waals surface area contributed by atoms with Crippen LogP contribution in [0.25, 0.3) is 6.08 Å². The lowest BCUT2D eigenvalue weighted by Gasteiger charge is -2.47. The van der Waals surface area contributed by atoms with Crippen LogP contribution in [-0.4, -0.2) is 29.9 Å². The summed E-state index contributed by atoms with van der Waals surface area (Å²) in [6, 6.07) is 8.97. The van der Waals surface area contributed by atoms with Crippen molar-refractivity contribution < 1.29 is 14.4 Å². The molecule has 1 atom stereocenters. The van der Waals surface area contributed by atoms with Crippen LogP contribution >= 0.6 is 0 Å². The van der Waals surface area contributed by atoms with Crippen molar-refractivity contribution in [1.29, 1.82) is 0 Å². The van der Waals surface area contributed by atoms with E-state index in [1.54, 1.807) is 18.2 Å². The van der Waals surface area contributed by atoms with E-state index in [2.05, 4.69) is 50.0 Å². The Morgan fingerprint density at radius 3 is 2.44 bits per heavy atom. The van der Waals surface area contributed by atoms with Gasteiger partial charge in [-0.15, -0.1) is 0 Å². The molecule has 2 aliphatic heterocycles. The predicted molar refractivity (Wildman–Crippen MR) is 136 cm³/mol. The third-order valence-corrected chi connectivity index (χ3v) is 7.31. The third kappa shape index (κ3) is 3.81. The zero-order chi connectivity index (χ0) is 24.9. The Balaban J connectivity index is 1.80. The van der Waals surface area contributed by atoms with Gasteiger partial charge in [0, 0.05) is 17.8 Å². The average molecular weight is 460 g/mol. The van der Waals surface area contributed by atoms with Crippen molar-refractivity contribution in [1.82, 2.24) is 5.32 Å². The number of nitrogens with zero attached hydrogens (tertiary/aromatic N) is 2. The summed E-state index contributed by atoms with van der Waals surface area (Å²) in [7, 11) is 0. The minimum atomic E-state index is -0.725.